The molecule has 2 aromatic carbocycles. The largest absolute Gasteiger partial charge is 0.273 e. The molecule has 3 rings (SSSR count). The van der Waals surface area contributed by atoms with Crippen molar-refractivity contribution in [3.05, 3.63) is 69.8 Å². The Balaban J connectivity index is 1.61. The number of hydrogen-bond acceptors (Lipinski definition) is 6. The summed E-state index contributed by atoms with van der Waals surface area (Å²) in [5.41, 5.74) is 3.96. The summed E-state index contributed by atoms with van der Waals surface area (Å²) in [5, 5.41) is 14.5. The molecule has 0 aliphatic carbocycles. The van der Waals surface area contributed by atoms with Gasteiger partial charge in [-0.3, -0.25) is 14.9 Å². The number of nitro benzene ring substituents is 1. The van der Waals surface area contributed by atoms with E-state index in [0.717, 1.165) is 5.56 Å². The van der Waals surface area contributed by atoms with Crippen molar-refractivity contribution in [1.29, 1.82) is 0 Å². The number of non-ortho nitro benzene ring substituents is 1. The summed E-state index contributed by atoms with van der Waals surface area (Å²) in [6.45, 7) is 2.34. The molecule has 1 aliphatic rings. The first-order chi connectivity index (χ1) is 14.3. The molecule has 1 aliphatic heterocycles. The van der Waals surface area contributed by atoms with Crippen LogP contribution in [-0.4, -0.2) is 42.9 Å². The molecular weight excluding hydrogens is 408 g/mol. The second-order valence-corrected chi connectivity index (χ2v) is 9.04. The third kappa shape index (κ3) is 5.08. The fourth-order valence-corrected chi connectivity index (χ4v) is 4.70. The van der Waals surface area contributed by atoms with E-state index in [1.54, 1.807) is 24.3 Å². The van der Waals surface area contributed by atoms with E-state index in [-0.39, 0.29) is 23.0 Å². The second-order valence-electron chi connectivity index (χ2n) is 7.10. The minimum atomic E-state index is -3.66. The quantitative estimate of drug-likeness (QED) is 0.428. The zero-order valence-corrected chi connectivity index (χ0v) is 17.2. The number of hydrazone groups is 1. The first-order valence-corrected chi connectivity index (χ1v) is 10.9. The van der Waals surface area contributed by atoms with Gasteiger partial charge in [0.2, 0.25) is 15.9 Å². The lowest BCUT2D eigenvalue weighted by Crippen LogP contribution is -2.44. The number of piperidine rings is 1. The Labute approximate surface area is 174 Å². The van der Waals surface area contributed by atoms with Crippen LogP contribution in [0.25, 0.3) is 0 Å². The van der Waals surface area contributed by atoms with Crippen molar-refractivity contribution in [3.8, 4) is 0 Å². The van der Waals surface area contributed by atoms with Crippen molar-refractivity contribution >= 4 is 27.8 Å². The van der Waals surface area contributed by atoms with E-state index in [4.69, 9.17) is 0 Å². The normalized spacial score (nSPS) is 17.7. The third-order valence-electron chi connectivity index (χ3n) is 4.91. The molecule has 2 aromatic rings. The highest BCUT2D eigenvalue weighted by atomic mass is 32.2. The van der Waals surface area contributed by atoms with E-state index in [2.05, 4.69) is 10.5 Å². The Bertz CT molecular complexity index is 1050. The van der Waals surface area contributed by atoms with Gasteiger partial charge in [-0.2, -0.15) is 9.41 Å². The number of hydrogen-bond donors (Lipinski definition) is 1. The summed E-state index contributed by atoms with van der Waals surface area (Å²) in [6, 6.07) is 12.4. The van der Waals surface area contributed by atoms with Gasteiger partial charge >= 0.3 is 0 Å². The van der Waals surface area contributed by atoms with Crippen LogP contribution < -0.4 is 5.43 Å². The highest BCUT2D eigenvalue weighted by molar-refractivity contribution is 7.89. The van der Waals surface area contributed by atoms with Crippen LogP contribution in [0.5, 0.6) is 0 Å². The molecule has 0 bridgehead atoms. The summed E-state index contributed by atoms with van der Waals surface area (Å²) >= 11 is 0. The fourth-order valence-electron chi connectivity index (χ4n) is 3.18. The smallest absolute Gasteiger partial charge is 0.269 e. The number of benzene rings is 2. The predicted octanol–water partition coefficient (Wildman–Crippen LogP) is 2.45. The lowest BCUT2D eigenvalue weighted by atomic mass is 9.99. The van der Waals surface area contributed by atoms with Gasteiger partial charge in [-0.1, -0.05) is 17.7 Å². The van der Waals surface area contributed by atoms with Gasteiger partial charge in [0.15, 0.2) is 0 Å². The summed E-state index contributed by atoms with van der Waals surface area (Å²) in [4.78, 5) is 22.8. The number of carbonyl (C=O) groups excluding carboxylic acids is 1. The Kier molecular flexibility index (Phi) is 6.58. The van der Waals surface area contributed by atoms with Gasteiger partial charge in [-0.05, 0) is 49.6 Å². The Morgan fingerprint density at radius 3 is 2.50 bits per heavy atom. The van der Waals surface area contributed by atoms with Gasteiger partial charge in [0.25, 0.3) is 5.69 Å². The van der Waals surface area contributed by atoms with Crippen LogP contribution in [0.1, 0.15) is 24.0 Å². The average Bonchev–Trinajstić information content (AvgIpc) is 2.74. The minimum absolute atomic E-state index is 0.0340. The van der Waals surface area contributed by atoms with Crippen molar-refractivity contribution < 1.29 is 18.1 Å². The maximum Gasteiger partial charge on any atom is 0.269 e. The molecule has 1 fully saturated rings. The van der Waals surface area contributed by atoms with Gasteiger partial charge < -0.3 is 0 Å². The molecule has 1 N–H and O–H groups in total. The zero-order chi connectivity index (χ0) is 21.7. The third-order valence-corrected chi connectivity index (χ3v) is 6.79. The topological polar surface area (TPSA) is 122 Å². The van der Waals surface area contributed by atoms with Crippen molar-refractivity contribution in [2.75, 3.05) is 13.1 Å². The van der Waals surface area contributed by atoms with Crippen LogP contribution >= 0.6 is 0 Å². The van der Waals surface area contributed by atoms with Crippen LogP contribution in [0.2, 0.25) is 0 Å². The Morgan fingerprint density at radius 2 is 1.87 bits per heavy atom. The van der Waals surface area contributed by atoms with E-state index in [0.29, 0.717) is 24.9 Å². The van der Waals surface area contributed by atoms with Gasteiger partial charge in [0.1, 0.15) is 0 Å². The highest BCUT2D eigenvalue weighted by Gasteiger charge is 2.33. The molecule has 0 radical (unpaired) electrons. The van der Waals surface area contributed by atoms with Crippen molar-refractivity contribution in [1.82, 2.24) is 9.73 Å². The number of carbonyl (C=O) groups is 1. The average molecular weight is 430 g/mol. The lowest BCUT2D eigenvalue weighted by molar-refractivity contribution is -0.384. The molecule has 1 saturated heterocycles. The van der Waals surface area contributed by atoms with Crippen molar-refractivity contribution in [2.24, 2.45) is 11.0 Å². The van der Waals surface area contributed by atoms with Gasteiger partial charge in [0, 0.05) is 25.2 Å². The number of amides is 1. The van der Waals surface area contributed by atoms with Gasteiger partial charge in [-0.15, -0.1) is 0 Å². The number of nitro groups is 1. The molecule has 30 heavy (non-hydrogen) atoms. The molecular formula is C20H22N4O5S. The van der Waals surface area contributed by atoms with Gasteiger partial charge in [-0.25, -0.2) is 13.8 Å². The molecule has 158 valence electrons. The Hall–Kier alpha value is -3.11. The number of aryl methyl sites for hydroxylation is 1. The molecule has 1 heterocycles. The summed E-state index contributed by atoms with van der Waals surface area (Å²) in [6.07, 6.45) is 2.53. The summed E-state index contributed by atoms with van der Waals surface area (Å²) in [7, 11) is -3.66. The first kappa shape index (κ1) is 21.6. The summed E-state index contributed by atoms with van der Waals surface area (Å²) in [5.74, 6) is -0.870. The van der Waals surface area contributed by atoms with E-state index in [1.807, 2.05) is 6.92 Å². The van der Waals surface area contributed by atoms with Crippen LogP contribution in [0.4, 0.5) is 5.69 Å². The van der Waals surface area contributed by atoms with E-state index < -0.39 is 20.9 Å². The predicted molar refractivity (Wildman–Crippen MR) is 111 cm³/mol. The molecule has 0 unspecified atom stereocenters. The monoisotopic (exact) mass is 430 g/mol. The van der Waals surface area contributed by atoms with E-state index >= 15 is 0 Å². The van der Waals surface area contributed by atoms with Crippen LogP contribution in [0, 0.1) is 23.0 Å². The number of sulfonamides is 1. The maximum absolute atomic E-state index is 12.9. The number of rotatable bonds is 6. The van der Waals surface area contributed by atoms with Crippen molar-refractivity contribution in [3.63, 3.8) is 0 Å². The Morgan fingerprint density at radius 1 is 1.20 bits per heavy atom. The molecule has 10 heteroatoms. The van der Waals surface area contributed by atoms with Crippen LogP contribution in [0.15, 0.2) is 58.5 Å². The molecule has 0 aromatic heterocycles. The van der Waals surface area contributed by atoms with Crippen LogP contribution in [0.3, 0.4) is 0 Å². The number of nitrogens with one attached hydrogen (secondary N) is 1. The van der Waals surface area contributed by atoms with Crippen molar-refractivity contribution in [2.45, 2.75) is 24.7 Å². The van der Waals surface area contributed by atoms with E-state index in [1.165, 1.54) is 34.8 Å². The lowest BCUT2D eigenvalue weighted by Gasteiger charge is -2.30. The molecule has 1 amide bonds. The van der Waals surface area contributed by atoms with E-state index in [9.17, 15) is 23.3 Å². The maximum atomic E-state index is 12.9. The zero-order valence-electron chi connectivity index (χ0n) is 16.4. The summed E-state index contributed by atoms with van der Waals surface area (Å²) < 4.78 is 27.1. The number of nitrogens with zero attached hydrogens (tertiary/aromatic N) is 3. The fraction of sp³-hybridized carbons (Fsp3) is 0.300. The molecule has 1 atom stereocenters. The highest BCUT2D eigenvalue weighted by Crippen LogP contribution is 2.24. The minimum Gasteiger partial charge on any atom is -0.273 e. The SMILES string of the molecule is Cc1ccc(S(=O)(=O)N2CCC[C@@H](C(=O)N/N=C\c3ccc([N+](=O)[O-])cc3)C2)cc1. The second kappa shape index (κ2) is 9.14. The van der Waals surface area contributed by atoms with Crippen LogP contribution in [-0.2, 0) is 14.8 Å². The molecule has 9 nitrogen and oxygen atoms in total. The molecule has 0 spiro atoms. The first-order valence-electron chi connectivity index (χ1n) is 9.41. The standard InChI is InChI=1S/C20H22N4O5S/c1-15-4-10-19(11-5-15)30(28,29)23-12-2-3-17(14-23)20(25)22-21-13-16-6-8-18(9-7-16)24(26)27/h4-11,13,17H,2-3,12,14H2,1H3,(H,22,25)/b21-13-/t17-/m1/s1. The van der Waals surface area contributed by atoms with Gasteiger partial charge in [0.05, 0.1) is 22.0 Å². The molecule has 0 saturated carbocycles.